The summed E-state index contributed by atoms with van der Waals surface area (Å²) in [6.45, 7) is 4.78. The molecule has 5 nitrogen and oxygen atoms in total. The predicted molar refractivity (Wildman–Crippen MR) is 60.1 cm³/mol. The highest BCUT2D eigenvalue weighted by Gasteiger charge is 2.23. The van der Waals surface area contributed by atoms with E-state index in [2.05, 4.69) is 4.98 Å². The van der Waals surface area contributed by atoms with Crippen LogP contribution in [0.25, 0.3) is 0 Å². The number of hydrogen-bond acceptors (Lipinski definition) is 5. The fraction of sp³-hybridized carbons (Fsp3) is 0.417. The Labute approximate surface area is 99.8 Å². The summed E-state index contributed by atoms with van der Waals surface area (Å²) in [4.78, 5) is 26.6. The minimum Gasteiger partial charge on any atom is -0.427 e. The Morgan fingerprint density at radius 1 is 1.29 bits per heavy atom. The average Bonchev–Trinajstić information content (AvgIpc) is 2.28. The predicted octanol–water partition coefficient (Wildman–Crippen LogP) is 1.79. The van der Waals surface area contributed by atoms with Crippen molar-refractivity contribution in [3.05, 3.63) is 30.1 Å². The number of aromatic nitrogens is 1. The number of esters is 2. The minimum absolute atomic E-state index is 0.319. The molecule has 0 aliphatic carbocycles. The SMILES string of the molecule is CC(C)(C)C(=O)OCOC(=O)c1cccnc1. The molecular weight excluding hydrogens is 222 g/mol. The van der Waals surface area contributed by atoms with E-state index in [0.29, 0.717) is 5.56 Å². The van der Waals surface area contributed by atoms with Gasteiger partial charge in [0.15, 0.2) is 0 Å². The Bertz CT molecular complexity index is 395. The highest BCUT2D eigenvalue weighted by molar-refractivity contribution is 5.88. The van der Waals surface area contributed by atoms with Gasteiger partial charge in [0.25, 0.3) is 0 Å². The summed E-state index contributed by atoms with van der Waals surface area (Å²) in [6.07, 6.45) is 2.93. The van der Waals surface area contributed by atoms with E-state index < -0.39 is 17.4 Å². The van der Waals surface area contributed by atoms with E-state index in [4.69, 9.17) is 9.47 Å². The molecule has 0 saturated carbocycles. The van der Waals surface area contributed by atoms with E-state index in [-0.39, 0.29) is 6.79 Å². The van der Waals surface area contributed by atoms with Crippen LogP contribution in [-0.4, -0.2) is 23.7 Å². The third kappa shape index (κ3) is 4.22. The van der Waals surface area contributed by atoms with Gasteiger partial charge < -0.3 is 9.47 Å². The molecule has 1 heterocycles. The summed E-state index contributed by atoms with van der Waals surface area (Å²) < 4.78 is 9.57. The summed E-state index contributed by atoms with van der Waals surface area (Å²) in [5.74, 6) is -0.990. The molecular formula is C12H15NO4. The molecule has 0 bridgehead atoms. The molecule has 0 spiro atoms. The average molecular weight is 237 g/mol. The zero-order valence-electron chi connectivity index (χ0n) is 10.1. The largest absolute Gasteiger partial charge is 0.427 e. The second-order valence-electron chi connectivity index (χ2n) is 4.47. The summed E-state index contributed by atoms with van der Waals surface area (Å²) in [7, 11) is 0. The highest BCUT2D eigenvalue weighted by Crippen LogP contribution is 2.14. The van der Waals surface area contributed by atoms with Crippen LogP contribution in [-0.2, 0) is 14.3 Å². The number of carbonyl (C=O) groups is 2. The van der Waals surface area contributed by atoms with E-state index in [1.165, 1.54) is 6.20 Å². The molecule has 17 heavy (non-hydrogen) atoms. The Morgan fingerprint density at radius 3 is 2.53 bits per heavy atom. The van der Waals surface area contributed by atoms with Crippen LogP contribution in [0.5, 0.6) is 0 Å². The van der Waals surface area contributed by atoms with Crippen LogP contribution in [0.15, 0.2) is 24.5 Å². The zero-order valence-corrected chi connectivity index (χ0v) is 10.1. The summed E-state index contributed by atoms with van der Waals surface area (Å²) >= 11 is 0. The Hall–Kier alpha value is -1.91. The Balaban J connectivity index is 2.38. The monoisotopic (exact) mass is 237 g/mol. The van der Waals surface area contributed by atoms with Crippen molar-refractivity contribution in [2.45, 2.75) is 20.8 Å². The first-order valence-corrected chi connectivity index (χ1v) is 5.15. The number of rotatable bonds is 3. The smallest absolute Gasteiger partial charge is 0.342 e. The summed E-state index contributed by atoms with van der Waals surface area (Å²) in [5, 5.41) is 0. The summed E-state index contributed by atoms with van der Waals surface area (Å²) in [5.41, 5.74) is -0.292. The van der Waals surface area contributed by atoms with Crippen molar-refractivity contribution in [2.24, 2.45) is 5.41 Å². The van der Waals surface area contributed by atoms with E-state index >= 15 is 0 Å². The third-order valence-corrected chi connectivity index (χ3v) is 1.89. The van der Waals surface area contributed by atoms with Crippen LogP contribution >= 0.6 is 0 Å². The molecule has 0 aliphatic heterocycles. The molecule has 0 atom stereocenters. The van der Waals surface area contributed by atoms with E-state index in [1.807, 2.05) is 0 Å². The third-order valence-electron chi connectivity index (χ3n) is 1.89. The lowest BCUT2D eigenvalue weighted by Gasteiger charge is -2.16. The number of carbonyl (C=O) groups excluding carboxylic acids is 2. The van der Waals surface area contributed by atoms with Crippen LogP contribution in [0.4, 0.5) is 0 Å². The molecule has 0 radical (unpaired) electrons. The molecule has 1 aromatic heterocycles. The van der Waals surface area contributed by atoms with Crippen molar-refractivity contribution in [2.75, 3.05) is 6.79 Å². The number of nitrogens with zero attached hydrogens (tertiary/aromatic N) is 1. The lowest BCUT2D eigenvalue weighted by molar-refractivity contribution is -0.161. The number of pyridine rings is 1. The van der Waals surface area contributed by atoms with Crippen molar-refractivity contribution in [3.63, 3.8) is 0 Å². The molecule has 5 heteroatoms. The van der Waals surface area contributed by atoms with Gasteiger partial charge in [-0.3, -0.25) is 9.78 Å². The van der Waals surface area contributed by atoms with Crippen molar-refractivity contribution in [1.29, 1.82) is 0 Å². The minimum atomic E-state index is -0.610. The maximum atomic E-state index is 11.4. The van der Waals surface area contributed by atoms with Crippen LogP contribution in [0.3, 0.4) is 0 Å². The van der Waals surface area contributed by atoms with Crippen molar-refractivity contribution in [1.82, 2.24) is 4.98 Å². The van der Waals surface area contributed by atoms with Gasteiger partial charge in [0.1, 0.15) is 0 Å². The molecule has 0 aromatic carbocycles. The van der Waals surface area contributed by atoms with Crippen LogP contribution in [0.1, 0.15) is 31.1 Å². The molecule has 0 N–H and O–H groups in total. The normalized spacial score (nSPS) is 10.8. The number of ether oxygens (including phenoxy) is 2. The van der Waals surface area contributed by atoms with Gasteiger partial charge in [-0.1, -0.05) is 0 Å². The molecule has 0 aliphatic rings. The first kappa shape index (κ1) is 13.2. The van der Waals surface area contributed by atoms with E-state index in [9.17, 15) is 9.59 Å². The summed E-state index contributed by atoms with van der Waals surface area (Å²) in [6, 6.07) is 3.19. The lowest BCUT2D eigenvalue weighted by atomic mass is 9.98. The molecule has 0 saturated heterocycles. The van der Waals surface area contributed by atoms with Crippen molar-refractivity contribution < 1.29 is 19.1 Å². The van der Waals surface area contributed by atoms with Gasteiger partial charge in [0.05, 0.1) is 11.0 Å². The van der Waals surface area contributed by atoms with Crippen molar-refractivity contribution >= 4 is 11.9 Å². The van der Waals surface area contributed by atoms with Gasteiger partial charge in [0, 0.05) is 12.4 Å². The van der Waals surface area contributed by atoms with Gasteiger partial charge >= 0.3 is 11.9 Å². The van der Waals surface area contributed by atoms with Gasteiger partial charge in [-0.15, -0.1) is 0 Å². The van der Waals surface area contributed by atoms with Crippen LogP contribution in [0, 0.1) is 5.41 Å². The van der Waals surface area contributed by atoms with Crippen LogP contribution in [0.2, 0.25) is 0 Å². The molecule has 92 valence electrons. The Kier molecular flexibility index (Phi) is 4.20. The van der Waals surface area contributed by atoms with Gasteiger partial charge in [-0.2, -0.15) is 0 Å². The van der Waals surface area contributed by atoms with Crippen molar-refractivity contribution in [3.8, 4) is 0 Å². The van der Waals surface area contributed by atoms with Gasteiger partial charge in [-0.25, -0.2) is 4.79 Å². The van der Waals surface area contributed by atoms with Gasteiger partial charge in [0.2, 0.25) is 6.79 Å². The molecule has 0 unspecified atom stereocenters. The molecule has 0 amide bonds. The second-order valence-corrected chi connectivity index (χ2v) is 4.47. The van der Waals surface area contributed by atoms with Gasteiger partial charge in [-0.05, 0) is 32.9 Å². The zero-order chi connectivity index (χ0) is 12.9. The quantitative estimate of drug-likeness (QED) is 0.592. The topological polar surface area (TPSA) is 65.5 Å². The van der Waals surface area contributed by atoms with Crippen LogP contribution < -0.4 is 0 Å². The maximum absolute atomic E-state index is 11.4. The maximum Gasteiger partial charge on any atom is 0.342 e. The Morgan fingerprint density at radius 2 is 2.00 bits per heavy atom. The molecule has 1 rings (SSSR count). The molecule has 0 fully saturated rings. The lowest BCUT2D eigenvalue weighted by Crippen LogP contribution is -2.24. The first-order chi connectivity index (χ1) is 7.91. The first-order valence-electron chi connectivity index (χ1n) is 5.15. The second kappa shape index (κ2) is 5.43. The number of hydrogen-bond donors (Lipinski definition) is 0. The fourth-order valence-electron chi connectivity index (χ4n) is 0.920. The standard InChI is InChI=1S/C12H15NO4/c1-12(2,3)11(15)17-8-16-10(14)9-5-4-6-13-7-9/h4-7H,8H2,1-3H3. The highest BCUT2D eigenvalue weighted by atomic mass is 16.7. The fourth-order valence-corrected chi connectivity index (χ4v) is 0.920. The molecule has 1 aromatic rings. The van der Waals surface area contributed by atoms with E-state index in [1.54, 1.807) is 39.1 Å². The van der Waals surface area contributed by atoms with E-state index in [0.717, 1.165) is 0 Å².